The molecule has 0 saturated carbocycles. The van der Waals surface area contributed by atoms with Crippen molar-refractivity contribution in [3.05, 3.63) is 53.6 Å². The highest BCUT2D eigenvalue weighted by Crippen LogP contribution is 2.32. The van der Waals surface area contributed by atoms with E-state index in [1.165, 1.54) is 0 Å². The van der Waals surface area contributed by atoms with Crippen LogP contribution in [0.15, 0.2) is 36.8 Å². The van der Waals surface area contributed by atoms with Crippen LogP contribution in [0.1, 0.15) is 41.5 Å². The van der Waals surface area contributed by atoms with Crippen molar-refractivity contribution in [3.63, 3.8) is 0 Å². The highest BCUT2D eigenvalue weighted by atomic mass is 16.5. The molecule has 34 heavy (non-hydrogen) atoms. The van der Waals surface area contributed by atoms with E-state index < -0.39 is 0 Å². The van der Waals surface area contributed by atoms with E-state index in [2.05, 4.69) is 25.3 Å². The highest BCUT2D eigenvalue weighted by molar-refractivity contribution is 6.05. The van der Waals surface area contributed by atoms with Crippen LogP contribution in [0.2, 0.25) is 0 Å². The maximum atomic E-state index is 13.0. The van der Waals surface area contributed by atoms with Crippen LogP contribution in [0.3, 0.4) is 0 Å². The van der Waals surface area contributed by atoms with E-state index in [0.29, 0.717) is 30.2 Å². The lowest BCUT2D eigenvalue weighted by Gasteiger charge is -2.28. The van der Waals surface area contributed by atoms with Crippen LogP contribution in [-0.4, -0.2) is 56.9 Å². The van der Waals surface area contributed by atoms with Gasteiger partial charge in [0.1, 0.15) is 5.52 Å². The molecule has 1 fully saturated rings. The fourth-order valence-electron chi connectivity index (χ4n) is 4.21. The van der Waals surface area contributed by atoms with Crippen LogP contribution >= 0.6 is 0 Å². The Balaban J connectivity index is 1.49. The number of ether oxygens (including phenoxy) is 1. The van der Waals surface area contributed by atoms with Crippen molar-refractivity contribution in [1.29, 1.82) is 0 Å². The molecule has 1 aliphatic rings. The molecule has 1 amide bonds. The second-order valence-electron chi connectivity index (χ2n) is 8.91. The van der Waals surface area contributed by atoms with Crippen LogP contribution < -0.4 is 10.2 Å². The van der Waals surface area contributed by atoms with Crippen molar-refractivity contribution in [2.45, 2.75) is 33.7 Å². The number of morpholine rings is 1. The summed E-state index contributed by atoms with van der Waals surface area (Å²) in [5, 5.41) is 7.48. The Hall–Kier alpha value is -3.72. The lowest BCUT2D eigenvalue weighted by Crippen LogP contribution is -2.37. The fraction of sp³-hybridized carbons (Fsp3) is 0.360. The summed E-state index contributed by atoms with van der Waals surface area (Å²) in [6.45, 7) is 10.9. The molecule has 0 radical (unpaired) electrons. The number of hydrogen-bond acceptors (Lipinski definition) is 6. The molecule has 1 saturated heterocycles. The number of carbonyl (C=O) groups is 1. The summed E-state index contributed by atoms with van der Waals surface area (Å²) in [7, 11) is 0. The molecule has 4 aromatic rings. The molecule has 0 spiro atoms. The number of aromatic amines is 1. The van der Waals surface area contributed by atoms with Gasteiger partial charge >= 0.3 is 0 Å². The number of anilines is 2. The summed E-state index contributed by atoms with van der Waals surface area (Å²) in [5.74, 6) is 0.674. The summed E-state index contributed by atoms with van der Waals surface area (Å²) in [5.41, 5.74) is 6.63. The summed E-state index contributed by atoms with van der Waals surface area (Å²) in [4.78, 5) is 27.9. The predicted molar refractivity (Wildman–Crippen MR) is 132 cm³/mol. The molecule has 0 atom stereocenters. The summed E-state index contributed by atoms with van der Waals surface area (Å²) < 4.78 is 7.32. The minimum absolute atomic E-state index is 0.176. The predicted octanol–water partition coefficient (Wildman–Crippen LogP) is 4.11. The Morgan fingerprint density at radius 3 is 2.71 bits per heavy atom. The largest absolute Gasteiger partial charge is 0.378 e. The van der Waals surface area contributed by atoms with E-state index in [-0.39, 0.29) is 11.9 Å². The lowest BCUT2D eigenvalue weighted by atomic mass is 10.0. The van der Waals surface area contributed by atoms with E-state index in [1.807, 2.05) is 56.6 Å². The molecular weight excluding hydrogens is 430 g/mol. The Morgan fingerprint density at radius 2 is 1.97 bits per heavy atom. The molecule has 2 N–H and O–H groups in total. The standard InChI is InChI=1S/C25H29N7O2/c1-15(2)32-13-20(17(4)30-32)25(33)28-18-6-5-16(3)19(11-18)21-12-22-23(27-14-26-22)24(29-21)31-7-9-34-10-8-31/h5-6,11-15H,7-10H2,1-4H3,(H,26,27)(H,28,33). The van der Waals surface area contributed by atoms with Crippen LogP contribution in [0.25, 0.3) is 22.3 Å². The number of amides is 1. The first kappa shape index (κ1) is 22.1. The van der Waals surface area contributed by atoms with Gasteiger partial charge in [0.25, 0.3) is 5.91 Å². The van der Waals surface area contributed by atoms with Gasteiger partial charge in [-0.2, -0.15) is 5.10 Å². The monoisotopic (exact) mass is 459 g/mol. The minimum Gasteiger partial charge on any atom is -0.378 e. The molecule has 0 aliphatic carbocycles. The average Bonchev–Trinajstić information content (AvgIpc) is 3.47. The second kappa shape index (κ2) is 8.90. The van der Waals surface area contributed by atoms with Crippen molar-refractivity contribution in [1.82, 2.24) is 24.7 Å². The fourth-order valence-corrected chi connectivity index (χ4v) is 4.21. The highest BCUT2D eigenvalue weighted by Gasteiger charge is 2.20. The SMILES string of the molecule is Cc1ccc(NC(=O)c2cn(C(C)C)nc2C)cc1-c1cc2[nH]cnc2c(N2CCOCC2)n1. The number of fused-ring (bicyclic) bond motifs is 1. The second-order valence-corrected chi connectivity index (χ2v) is 8.91. The molecule has 9 heteroatoms. The summed E-state index contributed by atoms with van der Waals surface area (Å²) in [6.07, 6.45) is 3.50. The average molecular weight is 460 g/mol. The Bertz CT molecular complexity index is 1350. The lowest BCUT2D eigenvalue weighted by molar-refractivity contribution is 0.102. The van der Waals surface area contributed by atoms with Gasteiger partial charge in [0, 0.05) is 36.6 Å². The number of benzene rings is 1. The summed E-state index contributed by atoms with van der Waals surface area (Å²) >= 11 is 0. The maximum Gasteiger partial charge on any atom is 0.259 e. The van der Waals surface area contributed by atoms with E-state index in [4.69, 9.17) is 9.72 Å². The number of nitrogens with one attached hydrogen (secondary N) is 2. The third kappa shape index (κ3) is 4.14. The molecule has 1 aliphatic heterocycles. The minimum atomic E-state index is -0.176. The van der Waals surface area contributed by atoms with Gasteiger partial charge in [-0.25, -0.2) is 9.97 Å². The third-order valence-corrected chi connectivity index (χ3v) is 6.16. The first-order valence-corrected chi connectivity index (χ1v) is 11.6. The molecule has 176 valence electrons. The number of pyridine rings is 1. The van der Waals surface area contributed by atoms with Gasteiger partial charge in [-0.1, -0.05) is 6.07 Å². The molecule has 3 aromatic heterocycles. The number of rotatable bonds is 5. The van der Waals surface area contributed by atoms with Crippen molar-refractivity contribution in [2.24, 2.45) is 0 Å². The number of H-pyrrole nitrogens is 1. The van der Waals surface area contributed by atoms with Gasteiger partial charge in [0.05, 0.1) is 42.0 Å². The van der Waals surface area contributed by atoms with Crippen LogP contribution in [0.5, 0.6) is 0 Å². The molecular formula is C25H29N7O2. The molecule has 0 bridgehead atoms. The number of nitrogens with zero attached hydrogens (tertiary/aromatic N) is 5. The van der Waals surface area contributed by atoms with Gasteiger partial charge < -0.3 is 19.9 Å². The van der Waals surface area contributed by atoms with E-state index in [0.717, 1.165) is 46.8 Å². The van der Waals surface area contributed by atoms with Crippen LogP contribution in [0.4, 0.5) is 11.5 Å². The van der Waals surface area contributed by atoms with Gasteiger partial charge in [-0.3, -0.25) is 9.48 Å². The van der Waals surface area contributed by atoms with Gasteiger partial charge in [-0.15, -0.1) is 0 Å². The first-order chi connectivity index (χ1) is 16.4. The topological polar surface area (TPSA) is 101 Å². The molecule has 4 heterocycles. The molecule has 1 aromatic carbocycles. The first-order valence-electron chi connectivity index (χ1n) is 11.6. The smallest absolute Gasteiger partial charge is 0.259 e. The number of carbonyl (C=O) groups excluding carboxylic acids is 1. The zero-order valence-corrected chi connectivity index (χ0v) is 19.9. The van der Waals surface area contributed by atoms with Gasteiger partial charge in [-0.05, 0) is 51.5 Å². The van der Waals surface area contributed by atoms with Crippen molar-refractivity contribution in [3.8, 4) is 11.3 Å². The zero-order valence-electron chi connectivity index (χ0n) is 19.9. The molecule has 0 unspecified atom stereocenters. The van der Waals surface area contributed by atoms with E-state index in [1.54, 1.807) is 12.5 Å². The molecule has 5 rings (SSSR count). The van der Waals surface area contributed by atoms with Gasteiger partial charge in [0.15, 0.2) is 5.82 Å². The van der Waals surface area contributed by atoms with E-state index >= 15 is 0 Å². The number of hydrogen-bond donors (Lipinski definition) is 2. The Morgan fingerprint density at radius 1 is 1.18 bits per heavy atom. The van der Waals surface area contributed by atoms with E-state index in [9.17, 15) is 4.79 Å². The number of aryl methyl sites for hydroxylation is 2. The van der Waals surface area contributed by atoms with Crippen molar-refractivity contribution >= 4 is 28.4 Å². The Kier molecular flexibility index (Phi) is 5.79. The summed E-state index contributed by atoms with van der Waals surface area (Å²) in [6, 6.07) is 8.09. The zero-order chi connectivity index (χ0) is 23.8. The van der Waals surface area contributed by atoms with Gasteiger partial charge in [0.2, 0.25) is 0 Å². The van der Waals surface area contributed by atoms with Crippen molar-refractivity contribution in [2.75, 3.05) is 36.5 Å². The quantitative estimate of drug-likeness (QED) is 0.466. The Labute approximate surface area is 198 Å². The van der Waals surface area contributed by atoms with Crippen molar-refractivity contribution < 1.29 is 9.53 Å². The van der Waals surface area contributed by atoms with Crippen LogP contribution in [0, 0.1) is 13.8 Å². The molecule has 9 nitrogen and oxygen atoms in total. The number of imidazole rings is 1. The number of aromatic nitrogens is 5. The normalized spacial score (nSPS) is 14.2. The van der Waals surface area contributed by atoms with Crippen LogP contribution in [-0.2, 0) is 4.74 Å². The maximum absolute atomic E-state index is 13.0. The third-order valence-electron chi connectivity index (χ3n) is 6.16.